The number of furan rings is 1. The Hall–Kier alpha value is -5.65. The Bertz CT molecular complexity index is 3100. The van der Waals surface area contributed by atoms with Crippen molar-refractivity contribution in [1.82, 2.24) is 15.0 Å². The average molecular weight is 593 g/mol. The van der Waals surface area contributed by atoms with E-state index >= 15 is 0 Å². The summed E-state index contributed by atoms with van der Waals surface area (Å²) in [6.07, 6.45) is 0. The van der Waals surface area contributed by atoms with Crippen molar-refractivity contribution in [2.75, 3.05) is 0 Å². The summed E-state index contributed by atoms with van der Waals surface area (Å²) in [5.74, 6) is -0.571. The Kier molecular flexibility index (Phi) is 3.69. The molecule has 0 saturated heterocycles. The van der Waals surface area contributed by atoms with Gasteiger partial charge in [-0.05, 0) is 29.8 Å². The third kappa shape index (κ3) is 4.09. The Balaban J connectivity index is 1.33. The molecule has 4 nitrogen and oxygen atoms in total. The summed E-state index contributed by atoms with van der Waals surface area (Å²) in [4.78, 5) is 13.5. The second-order valence-electron chi connectivity index (χ2n) is 9.99. The van der Waals surface area contributed by atoms with Crippen molar-refractivity contribution >= 4 is 53.4 Å². The van der Waals surface area contributed by atoms with Gasteiger partial charge in [-0.25, -0.2) is 15.0 Å². The maximum atomic E-state index is 9.39. The summed E-state index contributed by atoms with van der Waals surface area (Å²) in [6.45, 7) is 0. The number of thiophene rings is 1. The molecule has 0 unspecified atom stereocenters. The monoisotopic (exact) mass is 592 g/mol. The Labute approximate surface area is 272 Å². The Morgan fingerprint density at radius 3 is 2.14 bits per heavy atom. The predicted octanol–water partition coefficient (Wildman–Crippen LogP) is 10.8. The topological polar surface area (TPSA) is 51.8 Å². The fourth-order valence-corrected chi connectivity index (χ4v) is 6.44. The molecule has 9 rings (SSSR count). The third-order valence-corrected chi connectivity index (χ3v) is 8.48. The summed E-state index contributed by atoms with van der Waals surface area (Å²) in [5.41, 5.74) is 0.458. The van der Waals surface area contributed by atoms with Crippen LogP contribution >= 0.6 is 11.3 Å². The molecule has 9 aromatic rings. The van der Waals surface area contributed by atoms with E-state index in [-0.39, 0.29) is 68.2 Å². The second kappa shape index (κ2) is 9.97. The number of hydrogen-bond acceptors (Lipinski definition) is 5. The Morgan fingerprint density at radius 1 is 0.523 bits per heavy atom. The van der Waals surface area contributed by atoms with Gasteiger partial charge in [-0.15, -0.1) is 11.3 Å². The van der Waals surface area contributed by atoms with Gasteiger partial charge in [0.25, 0.3) is 0 Å². The number of nitrogens with zero attached hydrogens (tertiary/aromatic N) is 3. The molecule has 3 heterocycles. The quantitative estimate of drug-likeness (QED) is 0.204. The summed E-state index contributed by atoms with van der Waals surface area (Å²) < 4.78 is 104. The van der Waals surface area contributed by atoms with Crippen molar-refractivity contribution < 1.29 is 19.5 Å². The molecule has 5 heteroatoms. The lowest BCUT2D eigenvalue weighted by molar-refractivity contribution is 0.670. The normalized spacial score (nSPS) is 15.1. The minimum Gasteiger partial charge on any atom is -0.455 e. The van der Waals surface area contributed by atoms with Crippen LogP contribution in [0.25, 0.3) is 87.4 Å². The molecule has 0 aliphatic heterocycles. The first kappa shape index (κ1) is 16.3. The number of para-hydroxylation sites is 1. The van der Waals surface area contributed by atoms with Crippen LogP contribution in [-0.2, 0) is 0 Å². The second-order valence-corrected chi connectivity index (χ2v) is 11.1. The van der Waals surface area contributed by atoms with Gasteiger partial charge >= 0.3 is 0 Å². The van der Waals surface area contributed by atoms with Gasteiger partial charge in [0.1, 0.15) is 11.2 Å². The fourth-order valence-electron chi connectivity index (χ4n) is 5.29. The minimum absolute atomic E-state index is 0.0143. The number of aromatic nitrogens is 3. The van der Waals surface area contributed by atoms with Crippen molar-refractivity contribution in [3.63, 3.8) is 0 Å². The maximum Gasteiger partial charge on any atom is 0.164 e. The number of hydrogen-bond donors (Lipinski definition) is 0. The molecule has 0 fully saturated rings. The summed E-state index contributed by atoms with van der Waals surface area (Å²) in [5, 5.41) is 2.05. The van der Waals surface area contributed by atoms with E-state index in [9.17, 15) is 4.11 Å². The molecule has 3 aromatic heterocycles. The van der Waals surface area contributed by atoms with Gasteiger partial charge in [-0.3, -0.25) is 0 Å². The molecule has 0 N–H and O–H groups in total. The van der Waals surface area contributed by atoms with Crippen molar-refractivity contribution in [3.8, 4) is 45.3 Å². The van der Waals surface area contributed by atoms with Gasteiger partial charge in [-0.1, -0.05) is 115 Å². The van der Waals surface area contributed by atoms with E-state index in [4.69, 9.17) is 15.4 Å². The zero-order valence-corrected chi connectivity index (χ0v) is 23.4. The van der Waals surface area contributed by atoms with Crippen molar-refractivity contribution in [2.45, 2.75) is 0 Å². The van der Waals surface area contributed by atoms with Crippen molar-refractivity contribution in [2.24, 2.45) is 0 Å². The van der Waals surface area contributed by atoms with E-state index in [1.165, 1.54) is 0 Å². The van der Waals surface area contributed by atoms with Gasteiger partial charge in [0.05, 0.1) is 15.1 Å². The van der Waals surface area contributed by atoms with Gasteiger partial charge in [0, 0.05) is 53.2 Å². The van der Waals surface area contributed by atoms with E-state index < -0.39 is 54.4 Å². The van der Waals surface area contributed by atoms with Crippen LogP contribution in [0.2, 0.25) is 0 Å². The maximum absolute atomic E-state index is 9.39. The van der Waals surface area contributed by atoms with E-state index in [1.807, 2.05) is 42.5 Å². The van der Waals surface area contributed by atoms with Crippen LogP contribution in [0, 0.1) is 0 Å². The zero-order chi connectivity index (χ0) is 38.6. The first-order valence-corrected chi connectivity index (χ1v) is 14.5. The Morgan fingerprint density at radius 2 is 1.27 bits per heavy atom. The van der Waals surface area contributed by atoms with E-state index in [0.717, 1.165) is 20.2 Å². The lowest BCUT2D eigenvalue weighted by Gasteiger charge is -2.08. The molecule has 0 aliphatic carbocycles. The SMILES string of the molecule is [2H]c1c([2H])c([2H])c(-c2nc(-c3ccccc3)nc(-c3c([2H])c([2H])c4c(oc5c(-c6ccc7c(c6)sc6ccccc67)c([2H])c([2H])c([2H])c54)c3[2H])n2)c([2H])c1[2H]. The molecule has 6 aromatic carbocycles. The van der Waals surface area contributed by atoms with Crippen molar-refractivity contribution in [3.05, 3.63) is 139 Å². The highest BCUT2D eigenvalue weighted by atomic mass is 32.1. The van der Waals surface area contributed by atoms with Crippen LogP contribution in [0.5, 0.6) is 0 Å². The summed E-state index contributed by atoms with van der Waals surface area (Å²) in [7, 11) is 0. The van der Waals surface area contributed by atoms with E-state index in [2.05, 4.69) is 15.0 Å². The summed E-state index contributed by atoms with van der Waals surface area (Å²) in [6, 6.07) is 16.9. The molecule has 0 spiro atoms. The number of fused-ring (bicyclic) bond motifs is 6. The van der Waals surface area contributed by atoms with Crippen molar-refractivity contribution in [1.29, 1.82) is 0 Å². The van der Waals surface area contributed by atoms with Gasteiger partial charge in [-0.2, -0.15) is 0 Å². The standard InChI is InChI=1S/C39H23N3OS/c1-3-10-24(11-4-1)37-40-38(25-12-5-2-6-13-25)42-39(41-37)27-19-20-29-32-16-9-15-28(36(32)43-33(29)22-27)26-18-21-31-30-14-7-8-17-34(30)44-35(31)23-26/h1-23H/i1D,3D,4D,9D,10D,11D,15D,16D,19D,20D,22D. The molecule has 0 amide bonds. The molecule has 0 saturated carbocycles. The number of benzene rings is 6. The lowest BCUT2D eigenvalue weighted by atomic mass is 10.0. The predicted molar refractivity (Wildman–Crippen MR) is 182 cm³/mol. The smallest absolute Gasteiger partial charge is 0.164 e. The highest BCUT2D eigenvalue weighted by molar-refractivity contribution is 7.25. The highest BCUT2D eigenvalue weighted by Gasteiger charge is 2.17. The zero-order valence-electron chi connectivity index (χ0n) is 33.6. The molecule has 0 radical (unpaired) electrons. The van der Waals surface area contributed by atoms with Crippen LogP contribution in [0.3, 0.4) is 0 Å². The van der Waals surface area contributed by atoms with Gasteiger partial charge in [0.15, 0.2) is 17.5 Å². The average Bonchev–Trinajstić information content (AvgIpc) is 3.77. The summed E-state index contributed by atoms with van der Waals surface area (Å²) >= 11 is 1.57. The van der Waals surface area contributed by atoms with Crippen LogP contribution in [0.15, 0.2) is 144 Å². The van der Waals surface area contributed by atoms with Crippen LogP contribution in [0.4, 0.5) is 0 Å². The first-order chi connectivity index (χ1) is 26.4. The molecule has 0 atom stereocenters. The third-order valence-electron chi connectivity index (χ3n) is 7.34. The largest absolute Gasteiger partial charge is 0.455 e. The van der Waals surface area contributed by atoms with Crippen LogP contribution < -0.4 is 0 Å². The molecule has 0 aliphatic rings. The minimum atomic E-state index is -0.602. The molecule has 206 valence electrons. The molecule has 0 bridgehead atoms. The van der Waals surface area contributed by atoms with E-state index in [0.29, 0.717) is 11.1 Å². The van der Waals surface area contributed by atoms with Crippen LogP contribution in [0.1, 0.15) is 15.1 Å². The molecular formula is C39H23N3OS. The van der Waals surface area contributed by atoms with Crippen LogP contribution in [-0.4, -0.2) is 15.0 Å². The van der Waals surface area contributed by atoms with E-state index in [1.54, 1.807) is 41.7 Å². The lowest BCUT2D eigenvalue weighted by Crippen LogP contribution is -2.00. The fraction of sp³-hybridized carbons (Fsp3) is 0. The van der Waals surface area contributed by atoms with Gasteiger partial charge < -0.3 is 4.42 Å². The molecule has 44 heavy (non-hydrogen) atoms. The highest BCUT2D eigenvalue weighted by Crippen LogP contribution is 2.40. The number of rotatable bonds is 4. The molecular weight excluding hydrogens is 559 g/mol. The first-order valence-electron chi connectivity index (χ1n) is 19.1. The van der Waals surface area contributed by atoms with Gasteiger partial charge in [0.2, 0.25) is 0 Å².